The normalized spacial score (nSPS) is 17.1. The summed E-state index contributed by atoms with van der Waals surface area (Å²) in [4.78, 5) is 27.5. The van der Waals surface area contributed by atoms with Crippen LogP contribution < -0.4 is 5.32 Å². The zero-order valence-electron chi connectivity index (χ0n) is 12.9. The first-order valence-corrected chi connectivity index (χ1v) is 8.44. The van der Waals surface area contributed by atoms with Crippen LogP contribution in [0.15, 0.2) is 29.6 Å². The summed E-state index contributed by atoms with van der Waals surface area (Å²) in [7, 11) is 0. The molecule has 6 heteroatoms. The van der Waals surface area contributed by atoms with E-state index in [2.05, 4.69) is 34.6 Å². The van der Waals surface area contributed by atoms with Crippen molar-refractivity contribution in [3.05, 3.63) is 51.5 Å². The van der Waals surface area contributed by atoms with Crippen molar-refractivity contribution in [2.45, 2.75) is 32.2 Å². The SMILES string of the molecule is Cc1ccc(Cc2nc(C(=O)OCC3CCC(=O)N3)cs2)cc1. The molecular weight excluding hydrogens is 312 g/mol. The second kappa shape index (κ2) is 6.91. The highest BCUT2D eigenvalue weighted by atomic mass is 32.1. The molecule has 5 nitrogen and oxygen atoms in total. The van der Waals surface area contributed by atoms with Gasteiger partial charge in [-0.25, -0.2) is 9.78 Å². The van der Waals surface area contributed by atoms with E-state index in [4.69, 9.17) is 4.74 Å². The predicted molar refractivity (Wildman–Crippen MR) is 87.5 cm³/mol. The van der Waals surface area contributed by atoms with Gasteiger partial charge in [-0.3, -0.25) is 4.79 Å². The maximum Gasteiger partial charge on any atom is 0.357 e. The Morgan fingerprint density at radius 1 is 1.39 bits per heavy atom. The number of hydrogen-bond donors (Lipinski definition) is 1. The third-order valence-electron chi connectivity index (χ3n) is 3.74. The van der Waals surface area contributed by atoms with E-state index in [-0.39, 0.29) is 18.6 Å². The molecule has 1 amide bonds. The monoisotopic (exact) mass is 330 g/mol. The number of thiazole rings is 1. The number of nitrogens with zero attached hydrogens (tertiary/aromatic N) is 1. The lowest BCUT2D eigenvalue weighted by molar-refractivity contribution is -0.119. The summed E-state index contributed by atoms with van der Waals surface area (Å²) in [6.07, 6.45) is 1.92. The van der Waals surface area contributed by atoms with Crippen LogP contribution in [-0.4, -0.2) is 29.5 Å². The molecule has 0 saturated carbocycles. The third-order valence-corrected chi connectivity index (χ3v) is 4.59. The second-order valence-electron chi connectivity index (χ2n) is 5.69. The number of carbonyl (C=O) groups excluding carboxylic acids is 2. The number of nitrogens with one attached hydrogen (secondary N) is 1. The van der Waals surface area contributed by atoms with Crippen molar-refractivity contribution in [2.75, 3.05) is 6.61 Å². The molecule has 2 aromatic rings. The van der Waals surface area contributed by atoms with Gasteiger partial charge in [0.05, 0.1) is 11.0 Å². The van der Waals surface area contributed by atoms with Crippen molar-refractivity contribution in [2.24, 2.45) is 0 Å². The molecule has 1 saturated heterocycles. The number of esters is 1. The minimum Gasteiger partial charge on any atom is -0.459 e. The number of amides is 1. The summed E-state index contributed by atoms with van der Waals surface area (Å²) in [5.74, 6) is -0.419. The van der Waals surface area contributed by atoms with Crippen molar-refractivity contribution < 1.29 is 14.3 Å². The molecule has 23 heavy (non-hydrogen) atoms. The molecule has 1 fully saturated rings. The van der Waals surface area contributed by atoms with Crippen molar-refractivity contribution in [3.8, 4) is 0 Å². The van der Waals surface area contributed by atoms with E-state index < -0.39 is 5.97 Å². The molecular formula is C17H18N2O3S. The van der Waals surface area contributed by atoms with Crippen LogP contribution in [0.3, 0.4) is 0 Å². The minimum absolute atomic E-state index is 0.0140. The minimum atomic E-state index is -0.433. The lowest BCUT2D eigenvalue weighted by Gasteiger charge is -2.09. The molecule has 120 valence electrons. The van der Waals surface area contributed by atoms with Crippen LogP contribution in [0.4, 0.5) is 0 Å². The molecule has 0 bridgehead atoms. The van der Waals surface area contributed by atoms with Gasteiger partial charge in [-0.05, 0) is 18.9 Å². The van der Waals surface area contributed by atoms with Crippen molar-refractivity contribution in [3.63, 3.8) is 0 Å². The average molecular weight is 330 g/mol. The Bertz CT molecular complexity index is 709. The van der Waals surface area contributed by atoms with Crippen LogP contribution in [0.2, 0.25) is 0 Å². The summed E-state index contributed by atoms with van der Waals surface area (Å²) >= 11 is 1.45. The Morgan fingerprint density at radius 2 is 2.17 bits per heavy atom. The number of aryl methyl sites for hydroxylation is 1. The van der Waals surface area contributed by atoms with Crippen molar-refractivity contribution in [1.29, 1.82) is 0 Å². The number of carbonyl (C=O) groups is 2. The number of ether oxygens (including phenoxy) is 1. The van der Waals surface area contributed by atoms with Gasteiger partial charge in [0.2, 0.25) is 5.91 Å². The highest BCUT2D eigenvalue weighted by Crippen LogP contribution is 2.16. The summed E-state index contributed by atoms with van der Waals surface area (Å²) in [6, 6.07) is 8.19. The van der Waals surface area contributed by atoms with Crippen LogP contribution >= 0.6 is 11.3 Å². The van der Waals surface area contributed by atoms with Crippen LogP contribution in [0.5, 0.6) is 0 Å². The molecule has 0 spiro atoms. The van der Waals surface area contributed by atoms with Crippen molar-refractivity contribution in [1.82, 2.24) is 10.3 Å². The summed E-state index contributed by atoms with van der Waals surface area (Å²) < 4.78 is 5.23. The van der Waals surface area contributed by atoms with Crippen LogP contribution in [0, 0.1) is 6.92 Å². The lowest BCUT2D eigenvalue weighted by atomic mass is 10.1. The van der Waals surface area contributed by atoms with E-state index in [1.165, 1.54) is 22.5 Å². The van der Waals surface area contributed by atoms with Crippen molar-refractivity contribution >= 4 is 23.2 Å². The summed E-state index contributed by atoms with van der Waals surface area (Å²) in [6.45, 7) is 2.25. The average Bonchev–Trinajstić information content (AvgIpc) is 3.16. The maximum atomic E-state index is 12.0. The molecule has 1 N–H and O–H groups in total. The summed E-state index contributed by atoms with van der Waals surface area (Å²) in [5, 5.41) is 5.37. The molecule has 1 aromatic carbocycles. The molecule has 0 radical (unpaired) electrons. The molecule has 1 aromatic heterocycles. The molecule has 1 aliphatic rings. The first-order chi connectivity index (χ1) is 11.1. The fraction of sp³-hybridized carbons (Fsp3) is 0.353. The fourth-order valence-electron chi connectivity index (χ4n) is 2.42. The van der Waals surface area contributed by atoms with Gasteiger partial charge in [-0.2, -0.15) is 0 Å². The van der Waals surface area contributed by atoms with Gasteiger partial charge in [0, 0.05) is 18.2 Å². The van der Waals surface area contributed by atoms with Gasteiger partial charge in [0.1, 0.15) is 6.61 Å². The lowest BCUT2D eigenvalue weighted by Crippen LogP contribution is -2.30. The molecule has 1 atom stereocenters. The molecule has 1 unspecified atom stereocenters. The van der Waals surface area contributed by atoms with Gasteiger partial charge in [-0.1, -0.05) is 29.8 Å². The molecule has 0 aliphatic carbocycles. The fourth-order valence-corrected chi connectivity index (χ4v) is 3.22. The van der Waals surface area contributed by atoms with Gasteiger partial charge in [-0.15, -0.1) is 11.3 Å². The smallest absolute Gasteiger partial charge is 0.357 e. The quantitative estimate of drug-likeness (QED) is 0.855. The molecule has 3 rings (SSSR count). The zero-order chi connectivity index (χ0) is 16.2. The number of benzene rings is 1. The van der Waals surface area contributed by atoms with E-state index in [1.54, 1.807) is 5.38 Å². The molecule has 2 heterocycles. The van der Waals surface area contributed by atoms with E-state index in [9.17, 15) is 9.59 Å². The number of hydrogen-bond acceptors (Lipinski definition) is 5. The van der Waals surface area contributed by atoms with E-state index in [0.717, 1.165) is 5.01 Å². The largest absolute Gasteiger partial charge is 0.459 e. The third kappa shape index (κ3) is 4.16. The predicted octanol–water partition coefficient (Wildman–Crippen LogP) is 2.48. The Kier molecular flexibility index (Phi) is 4.71. The van der Waals surface area contributed by atoms with E-state index in [0.29, 0.717) is 25.0 Å². The van der Waals surface area contributed by atoms with Gasteiger partial charge in [0.15, 0.2) is 5.69 Å². The summed E-state index contributed by atoms with van der Waals surface area (Å²) in [5.41, 5.74) is 2.72. The van der Waals surface area contributed by atoms with Crippen LogP contribution in [-0.2, 0) is 16.0 Å². The Morgan fingerprint density at radius 3 is 2.87 bits per heavy atom. The maximum absolute atomic E-state index is 12.0. The van der Waals surface area contributed by atoms with E-state index in [1.807, 2.05) is 6.92 Å². The van der Waals surface area contributed by atoms with Gasteiger partial charge in [0.25, 0.3) is 0 Å². The second-order valence-corrected chi connectivity index (χ2v) is 6.63. The topological polar surface area (TPSA) is 68.3 Å². The Hall–Kier alpha value is -2.21. The Balaban J connectivity index is 1.54. The first-order valence-electron chi connectivity index (χ1n) is 7.56. The van der Waals surface area contributed by atoms with Crippen LogP contribution in [0.25, 0.3) is 0 Å². The van der Waals surface area contributed by atoms with Crippen LogP contribution in [0.1, 0.15) is 39.5 Å². The highest BCUT2D eigenvalue weighted by Gasteiger charge is 2.22. The van der Waals surface area contributed by atoms with Gasteiger partial charge >= 0.3 is 5.97 Å². The number of aromatic nitrogens is 1. The molecule has 1 aliphatic heterocycles. The van der Waals surface area contributed by atoms with E-state index >= 15 is 0 Å². The Labute approximate surface area is 138 Å². The first kappa shape index (κ1) is 15.7. The zero-order valence-corrected chi connectivity index (χ0v) is 13.7. The van der Waals surface area contributed by atoms with Gasteiger partial charge < -0.3 is 10.1 Å². The highest BCUT2D eigenvalue weighted by molar-refractivity contribution is 7.09. The number of rotatable bonds is 5. The standard InChI is InChI=1S/C17H18N2O3S/c1-11-2-4-12(5-3-11)8-16-19-14(10-23-16)17(21)22-9-13-6-7-15(20)18-13/h2-5,10,13H,6-9H2,1H3,(H,18,20).